The van der Waals surface area contributed by atoms with E-state index in [0.29, 0.717) is 18.5 Å². The average Bonchev–Trinajstić information content (AvgIpc) is 3.00. The molecule has 0 aliphatic heterocycles. The summed E-state index contributed by atoms with van der Waals surface area (Å²) in [5.74, 6) is 0.614. The van der Waals surface area contributed by atoms with Crippen molar-refractivity contribution >= 4 is 17.4 Å². The summed E-state index contributed by atoms with van der Waals surface area (Å²) >= 11 is 1.68. The largest absolute Gasteiger partial charge is 0.407 e. The van der Waals surface area contributed by atoms with Gasteiger partial charge in [0, 0.05) is 0 Å². The van der Waals surface area contributed by atoms with Crippen LogP contribution >= 0.6 is 11.3 Å². The Balaban J connectivity index is 1.86. The molecule has 0 radical (unpaired) electrons. The first-order valence-corrected chi connectivity index (χ1v) is 7.05. The third-order valence-corrected chi connectivity index (χ3v) is 3.25. The highest BCUT2D eigenvalue weighted by Crippen LogP contribution is 2.20. The summed E-state index contributed by atoms with van der Waals surface area (Å²) in [6.07, 6.45) is 1.09. The van der Waals surface area contributed by atoms with Crippen molar-refractivity contribution in [3.05, 3.63) is 28.3 Å². The van der Waals surface area contributed by atoms with Gasteiger partial charge in [0.2, 0.25) is 5.89 Å². The van der Waals surface area contributed by atoms with Crippen molar-refractivity contribution in [2.45, 2.75) is 32.9 Å². The average molecular weight is 266 g/mol. The molecular formula is C12H18N4OS. The molecule has 0 aromatic carbocycles. The van der Waals surface area contributed by atoms with Gasteiger partial charge < -0.3 is 15.1 Å². The lowest BCUT2D eigenvalue weighted by Crippen LogP contribution is -2.13. The second-order valence-electron chi connectivity index (χ2n) is 4.10. The molecule has 0 aliphatic carbocycles. The van der Waals surface area contributed by atoms with Crippen molar-refractivity contribution in [3.8, 4) is 0 Å². The lowest BCUT2D eigenvalue weighted by atomic mass is 10.2. The molecule has 1 atom stereocenters. The molecule has 0 amide bonds. The fraction of sp³-hybridized carbons (Fsp3) is 0.500. The molecule has 6 heteroatoms. The topological polar surface area (TPSA) is 63.0 Å². The normalized spacial score (nSPS) is 12.6. The molecule has 2 N–H and O–H groups in total. The molecule has 2 aromatic rings. The van der Waals surface area contributed by atoms with Crippen LogP contribution in [-0.2, 0) is 6.54 Å². The van der Waals surface area contributed by atoms with Crippen LogP contribution < -0.4 is 10.6 Å². The van der Waals surface area contributed by atoms with Gasteiger partial charge in [-0.15, -0.1) is 5.10 Å². The van der Waals surface area contributed by atoms with E-state index in [1.54, 1.807) is 11.3 Å². The number of rotatable bonds is 7. The summed E-state index contributed by atoms with van der Waals surface area (Å²) in [6, 6.07) is 2.73. The fourth-order valence-corrected chi connectivity index (χ4v) is 2.30. The summed E-state index contributed by atoms with van der Waals surface area (Å²) < 4.78 is 5.51. The Bertz CT molecular complexity index is 454. The van der Waals surface area contributed by atoms with E-state index >= 15 is 0 Å². The van der Waals surface area contributed by atoms with E-state index in [0.717, 1.165) is 13.0 Å². The molecule has 5 nitrogen and oxygen atoms in total. The summed E-state index contributed by atoms with van der Waals surface area (Å²) in [5, 5.41) is 18.5. The highest BCUT2D eigenvalue weighted by molar-refractivity contribution is 7.07. The maximum atomic E-state index is 5.51. The lowest BCUT2D eigenvalue weighted by molar-refractivity contribution is 0.474. The number of nitrogens with zero attached hydrogens (tertiary/aromatic N) is 2. The van der Waals surface area contributed by atoms with Gasteiger partial charge >= 0.3 is 6.01 Å². The first-order chi connectivity index (χ1) is 8.79. The molecule has 2 aromatic heterocycles. The number of anilines is 1. The van der Waals surface area contributed by atoms with Crippen LogP contribution in [0.15, 0.2) is 21.2 Å². The van der Waals surface area contributed by atoms with Crippen molar-refractivity contribution in [1.82, 2.24) is 15.5 Å². The Labute approximate surface area is 111 Å². The molecule has 1 unspecified atom stereocenters. The SMILES string of the molecule is CCCNCc1nnc(NC(C)c2ccsc2)o1. The first-order valence-electron chi connectivity index (χ1n) is 6.11. The summed E-state index contributed by atoms with van der Waals surface area (Å²) in [4.78, 5) is 0. The minimum absolute atomic E-state index is 0.174. The predicted molar refractivity (Wildman–Crippen MR) is 72.7 cm³/mol. The van der Waals surface area contributed by atoms with Gasteiger partial charge in [-0.25, -0.2) is 0 Å². The summed E-state index contributed by atoms with van der Waals surface area (Å²) in [7, 11) is 0. The highest BCUT2D eigenvalue weighted by atomic mass is 32.1. The molecule has 2 rings (SSSR count). The molecule has 0 bridgehead atoms. The van der Waals surface area contributed by atoms with Gasteiger partial charge in [0.05, 0.1) is 12.6 Å². The number of nitrogens with one attached hydrogen (secondary N) is 2. The third kappa shape index (κ3) is 3.54. The van der Waals surface area contributed by atoms with Crippen LogP contribution in [0.3, 0.4) is 0 Å². The van der Waals surface area contributed by atoms with E-state index in [1.165, 1.54) is 5.56 Å². The summed E-state index contributed by atoms with van der Waals surface area (Å²) in [5.41, 5.74) is 1.23. The van der Waals surface area contributed by atoms with Gasteiger partial charge in [0.15, 0.2) is 0 Å². The van der Waals surface area contributed by atoms with Crippen molar-refractivity contribution < 1.29 is 4.42 Å². The van der Waals surface area contributed by atoms with Gasteiger partial charge in [0.25, 0.3) is 0 Å². The van der Waals surface area contributed by atoms with E-state index in [-0.39, 0.29) is 6.04 Å². The third-order valence-electron chi connectivity index (χ3n) is 2.55. The zero-order valence-electron chi connectivity index (χ0n) is 10.6. The molecule has 2 heterocycles. The van der Waals surface area contributed by atoms with Crippen LogP contribution in [0.4, 0.5) is 6.01 Å². The molecule has 0 saturated heterocycles. The minimum atomic E-state index is 0.174. The van der Waals surface area contributed by atoms with Crippen LogP contribution in [0.25, 0.3) is 0 Å². The number of hydrogen-bond donors (Lipinski definition) is 2. The number of hydrogen-bond acceptors (Lipinski definition) is 6. The van der Waals surface area contributed by atoms with Gasteiger partial charge in [-0.2, -0.15) is 11.3 Å². The van der Waals surface area contributed by atoms with Gasteiger partial charge in [-0.3, -0.25) is 0 Å². The second-order valence-corrected chi connectivity index (χ2v) is 4.88. The van der Waals surface area contributed by atoms with Crippen LogP contribution in [0.5, 0.6) is 0 Å². The second kappa shape index (κ2) is 6.51. The number of thiophene rings is 1. The monoisotopic (exact) mass is 266 g/mol. The number of aromatic nitrogens is 2. The zero-order valence-corrected chi connectivity index (χ0v) is 11.5. The Morgan fingerprint density at radius 3 is 3.06 bits per heavy atom. The first kappa shape index (κ1) is 13.0. The van der Waals surface area contributed by atoms with Crippen molar-refractivity contribution in [1.29, 1.82) is 0 Å². The highest BCUT2D eigenvalue weighted by Gasteiger charge is 2.10. The zero-order chi connectivity index (χ0) is 12.8. The molecular weight excluding hydrogens is 248 g/mol. The Kier molecular flexibility index (Phi) is 4.72. The van der Waals surface area contributed by atoms with Gasteiger partial charge in [-0.1, -0.05) is 12.0 Å². The molecule has 0 aliphatic rings. The maximum absolute atomic E-state index is 5.51. The van der Waals surface area contributed by atoms with Crippen LogP contribution in [0.1, 0.15) is 37.8 Å². The Hall–Kier alpha value is -1.40. The molecule has 0 fully saturated rings. The van der Waals surface area contributed by atoms with E-state index in [2.05, 4.69) is 51.5 Å². The van der Waals surface area contributed by atoms with Crippen LogP contribution in [0, 0.1) is 0 Å². The fourth-order valence-electron chi connectivity index (χ4n) is 1.55. The standard InChI is InChI=1S/C12H18N4OS/c1-3-5-13-7-11-15-16-12(17-11)14-9(2)10-4-6-18-8-10/h4,6,8-9,13H,3,5,7H2,1-2H3,(H,14,16). The Morgan fingerprint density at radius 1 is 1.44 bits per heavy atom. The Morgan fingerprint density at radius 2 is 2.33 bits per heavy atom. The lowest BCUT2D eigenvalue weighted by Gasteiger charge is -2.09. The molecule has 98 valence electrons. The van der Waals surface area contributed by atoms with Gasteiger partial charge in [-0.05, 0) is 42.3 Å². The van der Waals surface area contributed by atoms with E-state index in [9.17, 15) is 0 Å². The molecule has 0 saturated carbocycles. The minimum Gasteiger partial charge on any atom is -0.407 e. The van der Waals surface area contributed by atoms with E-state index in [1.807, 2.05) is 0 Å². The van der Waals surface area contributed by atoms with Crippen LogP contribution in [0.2, 0.25) is 0 Å². The molecule has 18 heavy (non-hydrogen) atoms. The predicted octanol–water partition coefficient (Wildman–Crippen LogP) is 2.80. The van der Waals surface area contributed by atoms with Crippen molar-refractivity contribution in [2.24, 2.45) is 0 Å². The van der Waals surface area contributed by atoms with Crippen molar-refractivity contribution in [3.63, 3.8) is 0 Å². The van der Waals surface area contributed by atoms with Gasteiger partial charge in [0.1, 0.15) is 0 Å². The quantitative estimate of drug-likeness (QED) is 0.754. The van der Waals surface area contributed by atoms with Crippen molar-refractivity contribution in [2.75, 3.05) is 11.9 Å². The maximum Gasteiger partial charge on any atom is 0.315 e. The smallest absolute Gasteiger partial charge is 0.315 e. The van der Waals surface area contributed by atoms with E-state index < -0.39 is 0 Å². The molecule has 0 spiro atoms. The summed E-state index contributed by atoms with van der Waals surface area (Å²) in [6.45, 7) is 5.77. The van der Waals surface area contributed by atoms with Crippen LogP contribution in [-0.4, -0.2) is 16.7 Å². The van der Waals surface area contributed by atoms with E-state index in [4.69, 9.17) is 4.42 Å².